The molecule has 2 heteroatoms. The molecule has 0 aromatic heterocycles. The molecule has 0 aliphatic carbocycles. The summed E-state index contributed by atoms with van der Waals surface area (Å²) < 4.78 is 5.07. The van der Waals surface area contributed by atoms with E-state index in [0.717, 1.165) is 12.8 Å². The molecule has 0 aromatic carbocycles. The molecule has 14 heavy (non-hydrogen) atoms. The van der Waals surface area contributed by atoms with Crippen LogP contribution in [0.3, 0.4) is 0 Å². The van der Waals surface area contributed by atoms with E-state index in [1.165, 1.54) is 32.1 Å². The Balaban J connectivity index is 2.23. The average Bonchev–Trinajstić information content (AvgIpc) is 2.20. The van der Waals surface area contributed by atoms with Crippen molar-refractivity contribution < 1.29 is 9.53 Å². The minimum Gasteiger partial charge on any atom is -0.465 e. The summed E-state index contributed by atoms with van der Waals surface area (Å²) in [7, 11) is 0. The fourth-order valence-corrected chi connectivity index (χ4v) is 1.61. The second-order valence-corrected chi connectivity index (χ2v) is 3.79. The molecule has 0 saturated heterocycles. The molecule has 1 aliphatic heterocycles. The van der Waals surface area contributed by atoms with E-state index in [2.05, 4.69) is 12.2 Å². The summed E-state index contributed by atoms with van der Waals surface area (Å²) in [5.74, 6) is -0.0300. The Morgan fingerprint density at radius 2 is 1.64 bits per heavy atom. The normalized spacial score (nSPS) is 21.6. The lowest BCUT2D eigenvalue weighted by atomic mass is 10.1. The largest absolute Gasteiger partial charge is 0.465 e. The standard InChI is InChI=1S/C12H20O2/c13-12-10-8-6-4-2-1-3-5-7-9-11-14-12/h5,7H,1-4,6,8-11H2. The lowest BCUT2D eigenvalue weighted by Crippen LogP contribution is -2.04. The summed E-state index contributed by atoms with van der Waals surface area (Å²) in [6.07, 6.45) is 12.9. The molecule has 0 aromatic rings. The maximum absolute atomic E-state index is 11.1. The van der Waals surface area contributed by atoms with Crippen molar-refractivity contribution in [3.63, 3.8) is 0 Å². The maximum Gasteiger partial charge on any atom is 0.305 e. The number of carbonyl (C=O) groups excluding carboxylic acids is 1. The van der Waals surface area contributed by atoms with Crippen LogP contribution in [-0.4, -0.2) is 12.6 Å². The van der Waals surface area contributed by atoms with Gasteiger partial charge in [0.05, 0.1) is 6.61 Å². The third-order valence-corrected chi connectivity index (χ3v) is 2.47. The van der Waals surface area contributed by atoms with Gasteiger partial charge in [0.25, 0.3) is 0 Å². The van der Waals surface area contributed by atoms with Gasteiger partial charge in [-0.05, 0) is 25.7 Å². The van der Waals surface area contributed by atoms with Crippen LogP contribution in [0.25, 0.3) is 0 Å². The zero-order valence-electron chi connectivity index (χ0n) is 8.84. The molecule has 1 aliphatic rings. The first kappa shape index (κ1) is 11.3. The van der Waals surface area contributed by atoms with Crippen molar-refractivity contribution in [2.24, 2.45) is 0 Å². The quantitative estimate of drug-likeness (QED) is 0.439. The van der Waals surface area contributed by atoms with Crippen LogP contribution >= 0.6 is 0 Å². The highest BCUT2D eigenvalue weighted by Crippen LogP contribution is 2.09. The zero-order valence-corrected chi connectivity index (χ0v) is 8.84. The van der Waals surface area contributed by atoms with Crippen LogP contribution in [0.4, 0.5) is 0 Å². The van der Waals surface area contributed by atoms with Gasteiger partial charge in [0.1, 0.15) is 0 Å². The molecule has 0 unspecified atom stereocenters. The van der Waals surface area contributed by atoms with E-state index in [4.69, 9.17) is 4.74 Å². The molecule has 0 N–H and O–H groups in total. The SMILES string of the molecule is O=C1CCCCCCCC=CCCO1. The Morgan fingerprint density at radius 3 is 2.57 bits per heavy atom. The Kier molecular flexibility index (Phi) is 6.13. The number of esters is 1. The van der Waals surface area contributed by atoms with Gasteiger partial charge >= 0.3 is 5.97 Å². The number of cyclic esters (lactones) is 1. The molecule has 0 fully saturated rings. The lowest BCUT2D eigenvalue weighted by Gasteiger charge is -2.02. The predicted octanol–water partition coefficient (Wildman–Crippen LogP) is 3.22. The van der Waals surface area contributed by atoms with Gasteiger partial charge in [-0.3, -0.25) is 4.79 Å². The Bertz CT molecular complexity index is 185. The van der Waals surface area contributed by atoms with Crippen molar-refractivity contribution in [2.45, 2.75) is 51.4 Å². The van der Waals surface area contributed by atoms with Gasteiger partial charge in [-0.1, -0.05) is 31.4 Å². The van der Waals surface area contributed by atoms with E-state index in [9.17, 15) is 4.79 Å². The van der Waals surface area contributed by atoms with Crippen molar-refractivity contribution in [3.05, 3.63) is 12.2 Å². The number of carbonyl (C=O) groups is 1. The first-order valence-electron chi connectivity index (χ1n) is 5.70. The van der Waals surface area contributed by atoms with Crippen LogP contribution in [0, 0.1) is 0 Å². The van der Waals surface area contributed by atoms with Crippen molar-refractivity contribution in [3.8, 4) is 0 Å². The second kappa shape index (κ2) is 7.60. The van der Waals surface area contributed by atoms with E-state index in [1.807, 2.05) is 0 Å². The number of ether oxygens (including phenoxy) is 1. The Morgan fingerprint density at radius 1 is 0.929 bits per heavy atom. The highest BCUT2D eigenvalue weighted by Gasteiger charge is 2.01. The van der Waals surface area contributed by atoms with Gasteiger partial charge in [-0.15, -0.1) is 0 Å². The fourth-order valence-electron chi connectivity index (χ4n) is 1.61. The van der Waals surface area contributed by atoms with E-state index in [1.54, 1.807) is 0 Å². The molecular formula is C12H20O2. The number of hydrogen-bond acceptors (Lipinski definition) is 2. The topological polar surface area (TPSA) is 26.3 Å². The van der Waals surface area contributed by atoms with Crippen molar-refractivity contribution in [1.82, 2.24) is 0 Å². The zero-order chi connectivity index (χ0) is 10.1. The molecule has 2 nitrogen and oxygen atoms in total. The summed E-state index contributed by atoms with van der Waals surface area (Å²) in [5, 5.41) is 0. The molecular weight excluding hydrogens is 176 g/mol. The molecule has 0 saturated carbocycles. The molecule has 0 atom stereocenters. The van der Waals surface area contributed by atoms with Gasteiger partial charge in [-0.25, -0.2) is 0 Å². The van der Waals surface area contributed by atoms with Gasteiger partial charge < -0.3 is 4.74 Å². The smallest absolute Gasteiger partial charge is 0.305 e. The second-order valence-electron chi connectivity index (χ2n) is 3.79. The van der Waals surface area contributed by atoms with Gasteiger partial charge in [0, 0.05) is 6.42 Å². The molecule has 1 rings (SSSR count). The van der Waals surface area contributed by atoms with E-state index >= 15 is 0 Å². The van der Waals surface area contributed by atoms with Crippen molar-refractivity contribution in [1.29, 1.82) is 0 Å². The third-order valence-electron chi connectivity index (χ3n) is 2.47. The minimum atomic E-state index is -0.0300. The monoisotopic (exact) mass is 196 g/mol. The Labute approximate surface area is 86.3 Å². The summed E-state index contributed by atoms with van der Waals surface area (Å²) in [4.78, 5) is 11.1. The van der Waals surface area contributed by atoms with Crippen LogP contribution in [-0.2, 0) is 9.53 Å². The number of rotatable bonds is 0. The third kappa shape index (κ3) is 5.79. The molecule has 0 amide bonds. The molecule has 80 valence electrons. The maximum atomic E-state index is 11.1. The number of hydrogen-bond donors (Lipinski definition) is 0. The van der Waals surface area contributed by atoms with Crippen LogP contribution in [0.5, 0.6) is 0 Å². The number of allylic oxidation sites excluding steroid dienone is 1. The van der Waals surface area contributed by atoms with E-state index in [0.29, 0.717) is 13.0 Å². The Hall–Kier alpha value is -0.790. The van der Waals surface area contributed by atoms with E-state index in [-0.39, 0.29) is 5.97 Å². The molecule has 0 bridgehead atoms. The van der Waals surface area contributed by atoms with Crippen LogP contribution in [0.1, 0.15) is 51.4 Å². The van der Waals surface area contributed by atoms with E-state index < -0.39 is 0 Å². The molecule has 0 radical (unpaired) electrons. The average molecular weight is 196 g/mol. The van der Waals surface area contributed by atoms with Gasteiger partial charge in [0.2, 0.25) is 0 Å². The summed E-state index contributed by atoms with van der Waals surface area (Å²) in [6.45, 7) is 0.551. The van der Waals surface area contributed by atoms with Gasteiger partial charge in [-0.2, -0.15) is 0 Å². The fraction of sp³-hybridized carbons (Fsp3) is 0.750. The first-order chi connectivity index (χ1) is 6.89. The lowest BCUT2D eigenvalue weighted by molar-refractivity contribution is -0.143. The van der Waals surface area contributed by atoms with Gasteiger partial charge in [0.15, 0.2) is 0 Å². The van der Waals surface area contributed by atoms with Crippen molar-refractivity contribution >= 4 is 5.97 Å². The molecule has 1 heterocycles. The molecule has 0 spiro atoms. The predicted molar refractivity (Wildman–Crippen MR) is 57.0 cm³/mol. The summed E-state index contributed by atoms with van der Waals surface area (Å²) >= 11 is 0. The summed E-state index contributed by atoms with van der Waals surface area (Å²) in [5.41, 5.74) is 0. The van der Waals surface area contributed by atoms with Crippen molar-refractivity contribution in [2.75, 3.05) is 6.61 Å². The highest BCUT2D eigenvalue weighted by atomic mass is 16.5. The minimum absolute atomic E-state index is 0.0300. The van der Waals surface area contributed by atoms with Crippen LogP contribution in [0.2, 0.25) is 0 Å². The van der Waals surface area contributed by atoms with Crippen LogP contribution in [0.15, 0.2) is 12.2 Å². The first-order valence-corrected chi connectivity index (χ1v) is 5.70. The summed E-state index contributed by atoms with van der Waals surface area (Å²) in [6, 6.07) is 0. The highest BCUT2D eigenvalue weighted by molar-refractivity contribution is 5.69. The van der Waals surface area contributed by atoms with Crippen LogP contribution < -0.4 is 0 Å².